The zero-order chi connectivity index (χ0) is 14.2. The van der Waals surface area contributed by atoms with E-state index < -0.39 is 10.0 Å². The lowest BCUT2D eigenvalue weighted by Gasteiger charge is -2.05. The fraction of sp³-hybridized carbons (Fsp3) is 0. The lowest BCUT2D eigenvalue weighted by molar-refractivity contribution is 0.588. The summed E-state index contributed by atoms with van der Waals surface area (Å²) in [5.74, 6) is 0. The predicted octanol–water partition coefficient (Wildman–Crippen LogP) is 0.935. The quantitative estimate of drug-likeness (QED) is 0.694. The van der Waals surface area contributed by atoms with Crippen molar-refractivity contribution < 1.29 is 8.42 Å². The molecule has 3 rings (SSSR count). The fourth-order valence-corrected chi connectivity index (χ4v) is 3.01. The van der Waals surface area contributed by atoms with Crippen molar-refractivity contribution in [2.75, 3.05) is 0 Å². The van der Waals surface area contributed by atoms with Crippen LogP contribution in [-0.2, 0) is 10.0 Å². The molecule has 0 saturated carbocycles. The molecule has 3 aromatic rings. The summed E-state index contributed by atoms with van der Waals surface area (Å²) >= 11 is 0. The SMILES string of the molecule is N#Cc1ccc(S(=O)(=O)n2cnc3ncncc32)cc1. The highest BCUT2D eigenvalue weighted by molar-refractivity contribution is 7.90. The number of nitrogens with zero attached hydrogens (tertiary/aromatic N) is 5. The van der Waals surface area contributed by atoms with Crippen LogP contribution in [0.25, 0.3) is 11.2 Å². The largest absolute Gasteiger partial charge is 0.269 e. The number of imidazole rings is 1. The van der Waals surface area contributed by atoms with E-state index >= 15 is 0 Å². The van der Waals surface area contributed by atoms with Crippen LogP contribution in [-0.4, -0.2) is 27.3 Å². The van der Waals surface area contributed by atoms with E-state index in [0.717, 1.165) is 3.97 Å². The molecule has 2 heterocycles. The van der Waals surface area contributed by atoms with Crippen LogP contribution >= 0.6 is 0 Å². The third kappa shape index (κ3) is 1.81. The summed E-state index contributed by atoms with van der Waals surface area (Å²) in [6.07, 6.45) is 3.87. The lowest BCUT2D eigenvalue weighted by Crippen LogP contribution is -2.12. The molecule has 8 heteroatoms. The average Bonchev–Trinajstić information content (AvgIpc) is 2.92. The molecule has 7 nitrogen and oxygen atoms in total. The Morgan fingerprint density at radius 2 is 1.90 bits per heavy atom. The molecule has 0 spiro atoms. The van der Waals surface area contributed by atoms with Crippen molar-refractivity contribution in [2.45, 2.75) is 4.90 Å². The normalized spacial score (nSPS) is 11.3. The molecule has 0 N–H and O–H groups in total. The minimum atomic E-state index is -3.78. The monoisotopic (exact) mass is 285 g/mol. The standard InChI is InChI=1S/C12H7N5O2S/c13-5-9-1-3-10(4-2-9)20(18,19)17-8-16-12-11(17)6-14-7-15-12/h1-4,6-8H. The molecule has 0 aliphatic rings. The Bertz CT molecular complexity index is 922. The van der Waals surface area contributed by atoms with E-state index in [1.807, 2.05) is 6.07 Å². The molecule has 0 saturated heterocycles. The minimum absolute atomic E-state index is 0.0691. The Balaban J connectivity index is 2.18. The van der Waals surface area contributed by atoms with Crippen molar-refractivity contribution in [2.24, 2.45) is 0 Å². The predicted molar refractivity (Wildman–Crippen MR) is 69.1 cm³/mol. The van der Waals surface area contributed by atoms with E-state index in [0.29, 0.717) is 16.7 Å². The molecule has 98 valence electrons. The van der Waals surface area contributed by atoms with E-state index in [2.05, 4.69) is 15.0 Å². The van der Waals surface area contributed by atoms with Crippen LogP contribution in [0.5, 0.6) is 0 Å². The molecule has 0 atom stereocenters. The Hall–Kier alpha value is -2.79. The maximum absolute atomic E-state index is 12.5. The number of rotatable bonds is 2. The van der Waals surface area contributed by atoms with Gasteiger partial charge in [0.1, 0.15) is 18.2 Å². The molecular weight excluding hydrogens is 278 g/mol. The molecule has 0 bridgehead atoms. The summed E-state index contributed by atoms with van der Waals surface area (Å²) in [6, 6.07) is 7.59. The van der Waals surface area contributed by atoms with Gasteiger partial charge in [-0.1, -0.05) is 0 Å². The second kappa shape index (κ2) is 4.40. The van der Waals surface area contributed by atoms with Crippen molar-refractivity contribution in [1.29, 1.82) is 5.26 Å². The molecule has 0 amide bonds. The van der Waals surface area contributed by atoms with Gasteiger partial charge < -0.3 is 0 Å². The number of fused-ring (bicyclic) bond motifs is 1. The van der Waals surface area contributed by atoms with Gasteiger partial charge in [-0.05, 0) is 24.3 Å². The van der Waals surface area contributed by atoms with Gasteiger partial charge in [0, 0.05) is 0 Å². The molecule has 0 aliphatic heterocycles. The molecule has 20 heavy (non-hydrogen) atoms. The van der Waals surface area contributed by atoms with Crippen LogP contribution in [0.15, 0.2) is 48.0 Å². The number of hydrogen-bond acceptors (Lipinski definition) is 6. The summed E-state index contributed by atoms with van der Waals surface area (Å²) in [4.78, 5) is 11.7. The van der Waals surface area contributed by atoms with Gasteiger partial charge >= 0.3 is 0 Å². The van der Waals surface area contributed by atoms with Crippen LogP contribution in [0.1, 0.15) is 5.56 Å². The Morgan fingerprint density at radius 3 is 2.60 bits per heavy atom. The van der Waals surface area contributed by atoms with Gasteiger partial charge in [0.25, 0.3) is 10.0 Å². The van der Waals surface area contributed by atoms with Gasteiger partial charge in [0.2, 0.25) is 0 Å². The summed E-state index contributed by atoms with van der Waals surface area (Å²) in [5, 5.41) is 8.73. The molecule has 0 fully saturated rings. The van der Waals surface area contributed by atoms with Crippen molar-refractivity contribution in [1.82, 2.24) is 18.9 Å². The van der Waals surface area contributed by atoms with Crippen LogP contribution in [0.2, 0.25) is 0 Å². The topological polar surface area (TPSA) is 102 Å². The number of hydrogen-bond donors (Lipinski definition) is 0. The summed E-state index contributed by atoms with van der Waals surface area (Å²) in [7, 11) is -3.78. The minimum Gasteiger partial charge on any atom is -0.242 e. The van der Waals surface area contributed by atoms with Crippen molar-refractivity contribution in [3.8, 4) is 6.07 Å². The molecule has 1 aromatic carbocycles. The highest BCUT2D eigenvalue weighted by Gasteiger charge is 2.20. The second-order valence-corrected chi connectivity index (χ2v) is 5.73. The Labute approximate surface area is 114 Å². The Kier molecular flexibility index (Phi) is 2.69. The lowest BCUT2D eigenvalue weighted by atomic mass is 10.2. The van der Waals surface area contributed by atoms with Crippen LogP contribution in [0.3, 0.4) is 0 Å². The number of aromatic nitrogens is 4. The van der Waals surface area contributed by atoms with Crippen LogP contribution < -0.4 is 0 Å². The fourth-order valence-electron chi connectivity index (χ4n) is 1.75. The van der Waals surface area contributed by atoms with Gasteiger partial charge in [-0.15, -0.1) is 0 Å². The Morgan fingerprint density at radius 1 is 1.15 bits per heavy atom. The molecule has 2 aromatic heterocycles. The van der Waals surface area contributed by atoms with Gasteiger partial charge in [0.15, 0.2) is 5.65 Å². The van der Waals surface area contributed by atoms with Crippen LogP contribution in [0, 0.1) is 11.3 Å². The zero-order valence-corrected chi connectivity index (χ0v) is 10.8. The zero-order valence-electron chi connectivity index (χ0n) is 10.0. The molecule has 0 unspecified atom stereocenters. The summed E-state index contributed by atoms with van der Waals surface area (Å²) < 4.78 is 26.0. The van der Waals surface area contributed by atoms with Gasteiger partial charge in [0.05, 0.1) is 22.7 Å². The third-order valence-electron chi connectivity index (χ3n) is 2.74. The number of nitriles is 1. The average molecular weight is 285 g/mol. The highest BCUT2D eigenvalue weighted by Crippen LogP contribution is 2.18. The van der Waals surface area contributed by atoms with Crippen molar-refractivity contribution in [3.05, 3.63) is 48.7 Å². The third-order valence-corrected chi connectivity index (χ3v) is 4.41. The second-order valence-electron chi connectivity index (χ2n) is 3.91. The maximum atomic E-state index is 12.5. The summed E-state index contributed by atoms with van der Waals surface area (Å²) in [5.41, 5.74) is 0.997. The molecular formula is C12H7N5O2S. The van der Waals surface area contributed by atoms with E-state index in [4.69, 9.17) is 5.26 Å². The smallest absolute Gasteiger partial charge is 0.242 e. The maximum Gasteiger partial charge on any atom is 0.269 e. The van der Waals surface area contributed by atoms with Gasteiger partial charge in [-0.3, -0.25) is 0 Å². The first-order valence-corrected chi connectivity index (χ1v) is 6.96. The first-order chi connectivity index (χ1) is 9.63. The van der Waals surface area contributed by atoms with E-state index in [-0.39, 0.29) is 4.90 Å². The van der Waals surface area contributed by atoms with Gasteiger partial charge in [-0.2, -0.15) is 5.26 Å². The molecule has 0 radical (unpaired) electrons. The first kappa shape index (κ1) is 12.3. The van der Waals surface area contributed by atoms with E-state index in [9.17, 15) is 8.42 Å². The van der Waals surface area contributed by atoms with E-state index in [1.165, 1.54) is 43.1 Å². The van der Waals surface area contributed by atoms with Crippen molar-refractivity contribution in [3.63, 3.8) is 0 Å². The first-order valence-electron chi connectivity index (χ1n) is 5.52. The number of benzene rings is 1. The molecule has 0 aliphatic carbocycles. The summed E-state index contributed by atoms with van der Waals surface area (Å²) in [6.45, 7) is 0. The van der Waals surface area contributed by atoms with Crippen LogP contribution in [0.4, 0.5) is 0 Å². The van der Waals surface area contributed by atoms with E-state index in [1.54, 1.807) is 0 Å². The highest BCUT2D eigenvalue weighted by atomic mass is 32.2. The van der Waals surface area contributed by atoms with Crippen molar-refractivity contribution >= 4 is 21.2 Å². The van der Waals surface area contributed by atoms with Gasteiger partial charge in [-0.25, -0.2) is 27.3 Å².